The maximum atomic E-state index is 12.6. The third-order valence-corrected chi connectivity index (χ3v) is 5.62. The first-order valence-electron chi connectivity index (χ1n) is 8.59. The van der Waals surface area contributed by atoms with Crippen LogP contribution in [0.4, 0.5) is 0 Å². The number of fused-ring (bicyclic) bond motifs is 1. The van der Waals surface area contributed by atoms with Crippen LogP contribution in [-0.2, 0) is 6.54 Å². The topological polar surface area (TPSA) is 49.0 Å². The molecule has 1 aromatic carbocycles. The van der Waals surface area contributed by atoms with Gasteiger partial charge in [0.15, 0.2) is 0 Å². The van der Waals surface area contributed by atoms with Crippen molar-refractivity contribution < 1.29 is 0 Å². The Morgan fingerprint density at radius 2 is 2.20 bits per heavy atom. The molecule has 1 fully saturated rings. The molecule has 25 heavy (non-hydrogen) atoms. The molecule has 4 rings (SSSR count). The molecule has 0 unspecified atom stereocenters. The molecular formula is C20H21N3OS. The van der Waals surface area contributed by atoms with E-state index in [1.807, 2.05) is 36.7 Å². The molecule has 4 nitrogen and oxygen atoms in total. The minimum absolute atomic E-state index is 0.0115. The Kier molecular flexibility index (Phi) is 4.59. The normalized spacial score (nSPS) is 18.0. The lowest BCUT2D eigenvalue weighted by Crippen LogP contribution is -2.27. The molecule has 0 amide bonds. The smallest absolute Gasteiger partial charge is 0.252 e. The van der Waals surface area contributed by atoms with Crippen molar-refractivity contribution in [1.82, 2.24) is 14.9 Å². The number of aromatic amines is 1. The van der Waals surface area contributed by atoms with Crippen molar-refractivity contribution in [2.75, 3.05) is 12.8 Å². The van der Waals surface area contributed by atoms with Gasteiger partial charge in [-0.05, 0) is 61.4 Å². The first-order valence-corrected chi connectivity index (χ1v) is 9.82. The van der Waals surface area contributed by atoms with Crippen LogP contribution in [0.15, 0.2) is 58.4 Å². The van der Waals surface area contributed by atoms with Gasteiger partial charge in [-0.2, -0.15) is 0 Å². The molecule has 128 valence electrons. The molecule has 0 radical (unpaired) electrons. The number of benzene rings is 1. The van der Waals surface area contributed by atoms with E-state index in [9.17, 15) is 4.79 Å². The molecule has 0 spiro atoms. The van der Waals surface area contributed by atoms with Crippen LogP contribution in [-0.4, -0.2) is 27.7 Å². The van der Waals surface area contributed by atoms with E-state index in [2.05, 4.69) is 33.1 Å². The van der Waals surface area contributed by atoms with Crippen molar-refractivity contribution in [3.8, 4) is 0 Å². The minimum Gasteiger partial charge on any atom is -0.322 e. The Morgan fingerprint density at radius 1 is 1.28 bits per heavy atom. The summed E-state index contributed by atoms with van der Waals surface area (Å²) in [6, 6.07) is 14.6. The molecule has 3 heterocycles. The van der Waals surface area contributed by atoms with Crippen molar-refractivity contribution in [2.24, 2.45) is 0 Å². The number of nitrogens with zero attached hydrogens (tertiary/aromatic N) is 2. The number of thioether (sulfide) groups is 1. The van der Waals surface area contributed by atoms with E-state index < -0.39 is 0 Å². The highest BCUT2D eigenvalue weighted by Crippen LogP contribution is 2.31. The fraction of sp³-hybridized carbons (Fsp3) is 0.300. The van der Waals surface area contributed by atoms with Gasteiger partial charge in [0.25, 0.3) is 5.56 Å². The lowest BCUT2D eigenvalue weighted by Gasteiger charge is -2.23. The van der Waals surface area contributed by atoms with E-state index in [1.165, 1.54) is 0 Å². The maximum Gasteiger partial charge on any atom is 0.252 e. The van der Waals surface area contributed by atoms with Gasteiger partial charge in [0.1, 0.15) is 0 Å². The molecule has 1 saturated heterocycles. The molecule has 0 saturated carbocycles. The van der Waals surface area contributed by atoms with Gasteiger partial charge in [-0.3, -0.25) is 14.7 Å². The summed E-state index contributed by atoms with van der Waals surface area (Å²) < 4.78 is 0. The number of nitrogens with one attached hydrogen (secondary N) is 1. The summed E-state index contributed by atoms with van der Waals surface area (Å²) in [5.74, 6) is 0. The second-order valence-electron chi connectivity index (χ2n) is 6.46. The molecule has 0 aliphatic carbocycles. The van der Waals surface area contributed by atoms with Crippen LogP contribution in [0.5, 0.6) is 0 Å². The predicted octanol–water partition coefficient (Wildman–Crippen LogP) is 3.98. The number of rotatable bonds is 4. The van der Waals surface area contributed by atoms with E-state index in [0.717, 1.165) is 46.4 Å². The zero-order valence-electron chi connectivity index (χ0n) is 14.2. The van der Waals surface area contributed by atoms with E-state index in [-0.39, 0.29) is 5.56 Å². The predicted molar refractivity (Wildman–Crippen MR) is 103 cm³/mol. The van der Waals surface area contributed by atoms with Gasteiger partial charge >= 0.3 is 0 Å². The summed E-state index contributed by atoms with van der Waals surface area (Å²) in [7, 11) is 0. The molecule has 1 aliphatic rings. The van der Waals surface area contributed by atoms with E-state index in [1.54, 1.807) is 11.8 Å². The second-order valence-corrected chi connectivity index (χ2v) is 7.34. The molecular weight excluding hydrogens is 330 g/mol. The zero-order chi connectivity index (χ0) is 17.2. The SMILES string of the molecule is CSc1ccc2cc(CN3CCC[C@H]3c3ccccn3)c(=O)[nH]c2c1. The Labute approximate surface area is 151 Å². The Bertz CT molecular complexity index is 939. The lowest BCUT2D eigenvalue weighted by atomic mass is 10.1. The molecule has 1 N–H and O–H groups in total. The van der Waals surface area contributed by atoms with Gasteiger partial charge < -0.3 is 4.98 Å². The highest BCUT2D eigenvalue weighted by Gasteiger charge is 2.27. The number of hydrogen-bond donors (Lipinski definition) is 1. The zero-order valence-corrected chi connectivity index (χ0v) is 15.1. The average Bonchev–Trinajstić information content (AvgIpc) is 3.11. The molecule has 0 bridgehead atoms. The summed E-state index contributed by atoms with van der Waals surface area (Å²) in [6.07, 6.45) is 6.13. The summed E-state index contributed by atoms with van der Waals surface area (Å²) in [5.41, 5.74) is 2.84. The van der Waals surface area contributed by atoms with Crippen molar-refractivity contribution in [1.29, 1.82) is 0 Å². The maximum absolute atomic E-state index is 12.6. The molecule has 1 aliphatic heterocycles. The Balaban J connectivity index is 1.63. The molecule has 1 atom stereocenters. The van der Waals surface area contributed by atoms with E-state index >= 15 is 0 Å². The van der Waals surface area contributed by atoms with Crippen LogP contribution < -0.4 is 5.56 Å². The third kappa shape index (κ3) is 3.34. The average molecular weight is 351 g/mol. The number of aromatic nitrogens is 2. The first-order chi connectivity index (χ1) is 12.2. The molecule has 2 aromatic heterocycles. The van der Waals surface area contributed by atoms with Crippen LogP contribution in [0, 0.1) is 0 Å². The van der Waals surface area contributed by atoms with Gasteiger partial charge in [-0.25, -0.2) is 0 Å². The third-order valence-electron chi connectivity index (χ3n) is 4.90. The highest BCUT2D eigenvalue weighted by molar-refractivity contribution is 7.98. The van der Waals surface area contributed by atoms with Crippen molar-refractivity contribution in [3.63, 3.8) is 0 Å². The number of likely N-dealkylation sites (tertiary alicyclic amines) is 1. The second kappa shape index (κ2) is 7.02. The van der Waals surface area contributed by atoms with E-state index in [4.69, 9.17) is 0 Å². The van der Waals surface area contributed by atoms with Crippen LogP contribution >= 0.6 is 11.8 Å². The summed E-state index contributed by atoms with van der Waals surface area (Å²) in [5, 5.41) is 1.08. The molecule has 3 aromatic rings. The van der Waals surface area contributed by atoms with Gasteiger partial charge in [0.2, 0.25) is 0 Å². The van der Waals surface area contributed by atoms with Gasteiger partial charge in [-0.15, -0.1) is 11.8 Å². The van der Waals surface area contributed by atoms with Crippen LogP contribution in [0.1, 0.15) is 30.1 Å². The summed E-state index contributed by atoms with van der Waals surface area (Å²) in [4.78, 5) is 23.7. The van der Waals surface area contributed by atoms with Crippen molar-refractivity contribution in [2.45, 2.75) is 30.3 Å². The van der Waals surface area contributed by atoms with Crippen molar-refractivity contribution in [3.05, 3.63) is 70.3 Å². The number of pyridine rings is 2. The van der Waals surface area contributed by atoms with Crippen LogP contribution in [0.3, 0.4) is 0 Å². The quantitative estimate of drug-likeness (QED) is 0.722. The summed E-state index contributed by atoms with van der Waals surface area (Å²) in [6.45, 7) is 1.67. The van der Waals surface area contributed by atoms with Crippen LogP contribution in [0.25, 0.3) is 10.9 Å². The minimum atomic E-state index is 0.0115. The van der Waals surface area contributed by atoms with Gasteiger partial charge in [0.05, 0.1) is 11.7 Å². The number of hydrogen-bond acceptors (Lipinski definition) is 4. The highest BCUT2D eigenvalue weighted by atomic mass is 32.2. The standard InChI is InChI=1S/C20H21N3OS/c1-25-16-8-7-14-11-15(20(24)22-18(14)12-16)13-23-10-4-6-19(23)17-5-2-3-9-21-17/h2-3,5,7-9,11-12,19H,4,6,10,13H2,1H3,(H,22,24)/t19-/m0/s1. The van der Waals surface area contributed by atoms with Gasteiger partial charge in [-0.1, -0.05) is 12.1 Å². The first kappa shape index (κ1) is 16.4. The largest absolute Gasteiger partial charge is 0.322 e. The van der Waals surface area contributed by atoms with Gasteiger partial charge in [0, 0.05) is 28.7 Å². The summed E-state index contributed by atoms with van der Waals surface area (Å²) >= 11 is 1.68. The van der Waals surface area contributed by atoms with Crippen molar-refractivity contribution >= 4 is 22.7 Å². The lowest BCUT2D eigenvalue weighted by molar-refractivity contribution is 0.243. The Hall–Kier alpha value is -2.11. The Morgan fingerprint density at radius 3 is 3.00 bits per heavy atom. The van der Waals surface area contributed by atoms with Crippen LogP contribution in [0.2, 0.25) is 0 Å². The fourth-order valence-corrected chi connectivity index (χ4v) is 4.05. The number of H-pyrrole nitrogens is 1. The monoisotopic (exact) mass is 351 g/mol. The molecule has 5 heteroatoms. The fourth-order valence-electron chi connectivity index (χ4n) is 3.61. The van der Waals surface area contributed by atoms with E-state index in [0.29, 0.717) is 12.6 Å².